The van der Waals surface area contributed by atoms with Crippen LogP contribution in [0.5, 0.6) is 0 Å². The number of hydrogen-bond acceptors (Lipinski definition) is 3. The molecule has 1 fully saturated rings. The van der Waals surface area contributed by atoms with E-state index < -0.39 is 7.75 Å². The predicted octanol–water partition coefficient (Wildman–Crippen LogP) is 0.746. The summed E-state index contributed by atoms with van der Waals surface area (Å²) in [6.07, 6.45) is -0.208. The third kappa shape index (κ3) is 2.76. The van der Waals surface area contributed by atoms with Crippen molar-refractivity contribution in [2.45, 2.75) is 26.1 Å². The van der Waals surface area contributed by atoms with Crippen molar-refractivity contribution in [1.82, 2.24) is 5.09 Å². The maximum absolute atomic E-state index is 11.2. The van der Waals surface area contributed by atoms with Crippen LogP contribution in [0.2, 0.25) is 0 Å². The summed E-state index contributed by atoms with van der Waals surface area (Å²) in [4.78, 5) is 9.15. The first kappa shape index (κ1) is 11.1. The molecule has 1 saturated heterocycles. The highest BCUT2D eigenvalue weighted by molar-refractivity contribution is 7.50. The summed E-state index contributed by atoms with van der Waals surface area (Å²) in [6.45, 7) is 4.25. The molecule has 0 radical (unpaired) electrons. The molecule has 6 heteroatoms. The van der Waals surface area contributed by atoms with Crippen molar-refractivity contribution in [3.8, 4) is 0 Å². The van der Waals surface area contributed by atoms with Crippen molar-refractivity contribution in [2.75, 3.05) is 13.7 Å². The summed E-state index contributed by atoms with van der Waals surface area (Å²) in [6, 6.07) is 0. The Labute approximate surface area is 78.0 Å². The van der Waals surface area contributed by atoms with Crippen LogP contribution in [-0.2, 0) is 13.8 Å². The minimum atomic E-state index is -3.62. The van der Waals surface area contributed by atoms with Gasteiger partial charge in [-0.1, -0.05) is 6.92 Å². The van der Waals surface area contributed by atoms with Gasteiger partial charge in [-0.2, -0.15) is 0 Å². The second-order valence-electron chi connectivity index (χ2n) is 3.29. The Bertz CT molecular complexity index is 223. The quantitative estimate of drug-likeness (QED) is 0.671. The fourth-order valence-electron chi connectivity index (χ4n) is 1.22. The Morgan fingerprint density at radius 2 is 2.23 bits per heavy atom. The van der Waals surface area contributed by atoms with Gasteiger partial charge in [0, 0.05) is 5.92 Å². The van der Waals surface area contributed by atoms with Crippen LogP contribution in [0.1, 0.15) is 13.8 Å². The zero-order chi connectivity index (χ0) is 10.1. The lowest BCUT2D eigenvalue weighted by molar-refractivity contribution is 0.0979. The lowest BCUT2D eigenvalue weighted by Gasteiger charge is -2.19. The average molecular weight is 209 g/mol. The molecule has 0 saturated carbocycles. The zero-order valence-corrected chi connectivity index (χ0v) is 8.95. The smallest absolute Gasteiger partial charge is 0.375 e. The van der Waals surface area contributed by atoms with Gasteiger partial charge in [-0.25, -0.2) is 9.65 Å². The van der Waals surface area contributed by atoms with E-state index in [1.54, 1.807) is 0 Å². The largest absolute Gasteiger partial charge is 0.403 e. The summed E-state index contributed by atoms with van der Waals surface area (Å²) < 4.78 is 21.4. The van der Waals surface area contributed by atoms with E-state index in [0.29, 0.717) is 6.61 Å². The van der Waals surface area contributed by atoms with E-state index >= 15 is 0 Å². The Kier molecular flexibility index (Phi) is 3.49. The van der Waals surface area contributed by atoms with Crippen LogP contribution in [0.4, 0.5) is 0 Å². The highest BCUT2D eigenvalue weighted by atomic mass is 31.2. The molecule has 1 aliphatic rings. The second-order valence-corrected chi connectivity index (χ2v) is 4.98. The first-order valence-corrected chi connectivity index (χ1v) is 5.86. The lowest BCUT2D eigenvalue weighted by atomic mass is 10.0. The van der Waals surface area contributed by atoms with E-state index in [9.17, 15) is 4.57 Å². The van der Waals surface area contributed by atoms with E-state index in [0.717, 1.165) is 0 Å². The van der Waals surface area contributed by atoms with Crippen molar-refractivity contribution in [3.05, 3.63) is 0 Å². The number of nitrogens with one attached hydrogen (secondary N) is 1. The highest BCUT2D eigenvalue weighted by Crippen LogP contribution is 2.41. The fraction of sp³-hybridized carbons (Fsp3) is 1.00. The molecule has 1 heterocycles. The Morgan fingerprint density at radius 3 is 2.62 bits per heavy atom. The minimum Gasteiger partial charge on any atom is -0.375 e. The molecule has 0 amide bonds. The minimum absolute atomic E-state index is 0.0851. The Hall–Kier alpha value is 0.0700. The van der Waals surface area contributed by atoms with Crippen LogP contribution >= 0.6 is 7.75 Å². The van der Waals surface area contributed by atoms with E-state index in [4.69, 9.17) is 14.2 Å². The van der Waals surface area contributed by atoms with Crippen molar-refractivity contribution >= 4 is 7.75 Å². The molecule has 1 aliphatic heterocycles. The molecule has 1 rings (SSSR count). The molecule has 13 heavy (non-hydrogen) atoms. The van der Waals surface area contributed by atoms with Crippen LogP contribution in [0, 0.1) is 5.92 Å². The van der Waals surface area contributed by atoms with Gasteiger partial charge < -0.3 is 9.63 Å². The Morgan fingerprint density at radius 1 is 1.62 bits per heavy atom. The number of hydrogen-bond donors (Lipinski definition) is 2. The summed E-state index contributed by atoms with van der Waals surface area (Å²) >= 11 is 0. The van der Waals surface area contributed by atoms with Crippen molar-refractivity contribution in [3.63, 3.8) is 0 Å². The molecule has 0 spiro atoms. The lowest BCUT2D eigenvalue weighted by Crippen LogP contribution is -2.23. The molecule has 2 N–H and O–H groups in total. The van der Waals surface area contributed by atoms with Crippen LogP contribution < -0.4 is 5.09 Å². The van der Waals surface area contributed by atoms with Crippen LogP contribution in [0.3, 0.4) is 0 Å². The zero-order valence-electron chi connectivity index (χ0n) is 8.06. The molecule has 78 valence electrons. The van der Waals surface area contributed by atoms with E-state index in [1.165, 1.54) is 7.05 Å². The molecule has 0 aliphatic carbocycles. The first-order chi connectivity index (χ1) is 5.96. The SMILES string of the molecule is CNP(=O)(O)OC1CO[C@@H](C)C1C. The monoisotopic (exact) mass is 209 g/mol. The average Bonchev–Trinajstić information content (AvgIpc) is 2.36. The highest BCUT2D eigenvalue weighted by Gasteiger charge is 2.36. The number of rotatable bonds is 3. The van der Waals surface area contributed by atoms with Crippen LogP contribution in [0.25, 0.3) is 0 Å². The third-order valence-corrected chi connectivity index (χ3v) is 3.53. The predicted molar refractivity (Wildman–Crippen MR) is 48.3 cm³/mol. The van der Waals surface area contributed by atoms with Crippen LogP contribution in [0.15, 0.2) is 0 Å². The van der Waals surface area contributed by atoms with Gasteiger partial charge in [0.1, 0.15) is 0 Å². The molecule has 0 bridgehead atoms. The summed E-state index contributed by atoms with van der Waals surface area (Å²) in [5.41, 5.74) is 0. The van der Waals surface area contributed by atoms with Crippen LogP contribution in [-0.4, -0.2) is 30.8 Å². The summed E-state index contributed by atoms with van der Waals surface area (Å²) in [7, 11) is -2.22. The Balaban J connectivity index is 2.51. The van der Waals surface area contributed by atoms with Crippen molar-refractivity contribution < 1.29 is 18.7 Å². The van der Waals surface area contributed by atoms with Gasteiger partial charge in [0.25, 0.3) is 0 Å². The summed E-state index contributed by atoms with van der Waals surface area (Å²) in [5, 5.41) is 2.24. The van der Waals surface area contributed by atoms with Crippen molar-refractivity contribution in [1.29, 1.82) is 0 Å². The molecular weight excluding hydrogens is 193 g/mol. The van der Waals surface area contributed by atoms with Gasteiger partial charge in [-0.3, -0.25) is 4.52 Å². The van der Waals surface area contributed by atoms with Crippen molar-refractivity contribution in [2.24, 2.45) is 5.92 Å². The molecule has 0 aromatic heterocycles. The maximum Gasteiger partial charge on any atom is 0.403 e. The fourth-order valence-corrected chi connectivity index (χ4v) is 1.94. The van der Waals surface area contributed by atoms with Gasteiger partial charge in [-0.05, 0) is 14.0 Å². The van der Waals surface area contributed by atoms with Gasteiger partial charge in [-0.15, -0.1) is 0 Å². The molecule has 3 unspecified atom stereocenters. The molecular formula is C7H16NO4P. The molecule has 0 aromatic carbocycles. The van der Waals surface area contributed by atoms with Gasteiger partial charge >= 0.3 is 7.75 Å². The normalized spacial score (nSPS) is 38.9. The van der Waals surface area contributed by atoms with Gasteiger partial charge in [0.15, 0.2) is 0 Å². The van der Waals surface area contributed by atoms with E-state index in [1.807, 2.05) is 13.8 Å². The summed E-state index contributed by atoms with van der Waals surface area (Å²) in [5.74, 6) is 0.147. The molecule has 4 atom stereocenters. The third-order valence-electron chi connectivity index (χ3n) is 2.41. The van der Waals surface area contributed by atoms with Gasteiger partial charge in [0.05, 0.1) is 18.8 Å². The van der Waals surface area contributed by atoms with E-state index in [-0.39, 0.29) is 18.1 Å². The number of ether oxygens (including phenoxy) is 1. The topological polar surface area (TPSA) is 67.8 Å². The second kappa shape index (κ2) is 4.07. The maximum atomic E-state index is 11.2. The first-order valence-electron chi connectivity index (χ1n) is 4.28. The molecule has 5 nitrogen and oxygen atoms in total. The standard InChI is InChI=1S/C7H16NO4P/c1-5-6(2)11-4-7(5)12-13(9,10)8-3/h5-7H,4H2,1-3H3,(H2,8,9,10)/t5?,6-,7?/m0/s1. The van der Waals surface area contributed by atoms with E-state index in [2.05, 4.69) is 5.09 Å². The molecule has 0 aromatic rings. The van der Waals surface area contributed by atoms with Gasteiger partial charge in [0.2, 0.25) is 0 Å².